The molecule has 0 aliphatic carbocycles. The zero-order chi connectivity index (χ0) is 40.4. The van der Waals surface area contributed by atoms with Crippen LogP contribution < -0.4 is 0 Å². The average molecular weight is 1080 g/mol. The van der Waals surface area contributed by atoms with Crippen LogP contribution in [0.25, 0.3) is 0 Å². The Hall–Kier alpha value is 0.968. The van der Waals surface area contributed by atoms with Crippen LogP contribution in [0.5, 0.6) is 0 Å². The van der Waals surface area contributed by atoms with Crippen LogP contribution in [-0.4, -0.2) is 44.0 Å². The van der Waals surface area contributed by atoms with E-state index in [1.54, 1.807) is 0 Å². The monoisotopic (exact) mass is 1080 g/mol. The number of thiocarbonyl (C=S) groups is 4. The molecular weight excluding hydrogens is 1010 g/mol. The maximum Gasteiger partial charge on any atom is 4.00 e. The maximum absolute atomic E-state index is 4.90. The Morgan fingerprint density at radius 2 is 0.547 bits per heavy atom. The van der Waals surface area contributed by atoms with Crippen LogP contribution >= 0.6 is 48.9 Å². The summed E-state index contributed by atoms with van der Waals surface area (Å²) in [4.78, 5) is 38.0. The van der Waals surface area contributed by atoms with Crippen molar-refractivity contribution in [2.45, 2.75) is 158 Å². The van der Waals surface area contributed by atoms with Crippen molar-refractivity contribution in [3.05, 3.63) is 0 Å². The topological polar surface area (TPSA) is 73.8 Å². The van der Waals surface area contributed by atoms with Crippen molar-refractivity contribution < 1.29 is 60.2 Å². The van der Waals surface area contributed by atoms with E-state index in [1.165, 1.54) is 77.0 Å². The minimum Gasteiger partial charge on any atom is -0.387 e. The molecule has 0 aromatic carbocycles. The maximum atomic E-state index is 4.90. The summed E-state index contributed by atoms with van der Waals surface area (Å²) in [6.45, 7) is 19.7. The van der Waals surface area contributed by atoms with E-state index in [1.807, 2.05) is 0 Å². The van der Waals surface area contributed by atoms with Crippen molar-refractivity contribution in [2.75, 3.05) is 26.4 Å². The molecule has 0 aliphatic heterocycles. The second-order valence-electron chi connectivity index (χ2n) is 12.1. The first-order chi connectivity index (χ1) is 24.8. The molecule has 53 heavy (non-hydrogen) atoms. The number of unbranched alkanes of at least 4 members (excludes halogenated alkanes) is 4. The Labute approximate surface area is 382 Å². The first kappa shape index (κ1) is 63.1. The summed E-state index contributed by atoms with van der Waals surface area (Å²) in [5.41, 5.74) is 0. The number of hydrogen-bond donors (Lipinski definition) is 0. The van der Waals surface area contributed by atoms with Gasteiger partial charge in [-0.3, -0.25) is 0 Å². The van der Waals surface area contributed by atoms with E-state index in [4.69, 9.17) is 19.6 Å². The van der Waals surface area contributed by atoms with Gasteiger partial charge >= 0.3 is 21.1 Å². The van der Waals surface area contributed by atoms with Gasteiger partial charge in [0.25, 0.3) is 0 Å². The van der Waals surface area contributed by atoms with Gasteiger partial charge in [0.2, 0.25) is 0 Å². The van der Waals surface area contributed by atoms with Crippen LogP contribution in [0.3, 0.4) is 0 Å². The van der Waals surface area contributed by atoms with Crippen molar-refractivity contribution in [3.8, 4) is 0 Å². The fraction of sp³-hybridized carbons (Fsp3) is 0.889. The Morgan fingerprint density at radius 3 is 0.660 bits per heavy atom. The largest absolute Gasteiger partial charge is 4.00 e. The van der Waals surface area contributed by atoms with Crippen molar-refractivity contribution >= 4 is 117 Å². The third kappa shape index (κ3) is 57.4. The van der Waals surface area contributed by atoms with Gasteiger partial charge < -0.3 is 119 Å². The van der Waals surface area contributed by atoms with E-state index < -0.39 is 0 Å². The molecule has 0 aromatic rings. The van der Waals surface area contributed by atoms with Gasteiger partial charge in [-0.05, 0) is 49.4 Å². The standard InChI is InChI=1S/4C9H18O2S2.Pt/c4*1-3-5-6-8(4-2)7-10-11-9(12)13;/h4*8H,3-7H2,1-2H3,(H,12,13);/q;;;;+4/p-4. The summed E-state index contributed by atoms with van der Waals surface area (Å²) < 4.78 is 0.131. The van der Waals surface area contributed by atoms with E-state index >= 15 is 0 Å². The van der Waals surface area contributed by atoms with Crippen LogP contribution in [0.4, 0.5) is 0 Å². The summed E-state index contributed by atoms with van der Waals surface area (Å²) in [6.07, 6.45) is 19.0. The number of rotatable bonds is 28. The Balaban J connectivity index is -0.000000192. The van der Waals surface area contributed by atoms with E-state index in [0.717, 1.165) is 25.7 Å². The molecule has 17 heteroatoms. The van der Waals surface area contributed by atoms with Gasteiger partial charge in [-0.2, -0.15) is 19.6 Å². The molecule has 0 radical (unpaired) electrons. The number of hydrogen-bond acceptors (Lipinski definition) is 16. The van der Waals surface area contributed by atoms with Crippen LogP contribution in [0, 0.1) is 23.7 Å². The first-order valence-corrected chi connectivity index (χ1v) is 22.1. The van der Waals surface area contributed by atoms with Crippen molar-refractivity contribution in [1.82, 2.24) is 0 Å². The fourth-order valence-electron chi connectivity index (χ4n) is 4.31. The normalized spacial score (nSPS) is 12.2. The smallest absolute Gasteiger partial charge is 0.387 e. The molecule has 0 bridgehead atoms. The van der Waals surface area contributed by atoms with Gasteiger partial charge in [0.05, 0.1) is 44.0 Å². The summed E-state index contributed by atoms with van der Waals surface area (Å²) in [7, 11) is 0. The molecule has 0 N–H and O–H groups in total. The van der Waals surface area contributed by atoms with Crippen LogP contribution in [0.1, 0.15) is 158 Å². The fourth-order valence-corrected chi connectivity index (χ4v) is 4.69. The van der Waals surface area contributed by atoms with Crippen LogP contribution in [-0.2, 0) is 111 Å². The molecule has 0 aromatic heterocycles. The second kappa shape index (κ2) is 51.0. The van der Waals surface area contributed by atoms with Crippen molar-refractivity contribution in [2.24, 2.45) is 23.7 Å². The summed E-state index contributed by atoms with van der Waals surface area (Å²) >= 11 is 36.3. The second-order valence-corrected chi connectivity index (χ2v) is 16.1. The summed E-state index contributed by atoms with van der Waals surface area (Å²) in [5.74, 6) is 2.24. The van der Waals surface area contributed by atoms with Gasteiger partial charge in [-0.1, -0.05) is 132 Å². The Morgan fingerprint density at radius 1 is 0.377 bits per heavy atom. The van der Waals surface area contributed by atoms with Crippen molar-refractivity contribution in [1.29, 1.82) is 0 Å². The van der Waals surface area contributed by atoms with E-state index in [0.29, 0.717) is 50.1 Å². The molecule has 318 valence electrons. The SMILES string of the molecule is CCCCC(CC)COOC(=S)[S-].CCCCC(CC)COOC(=S)[S-].CCCCC(CC)COOC(=S)[S-].CCCCC(CC)COOC(=S)[S-].[Pt+4]. The van der Waals surface area contributed by atoms with Crippen LogP contribution in [0.2, 0.25) is 0 Å². The molecule has 0 saturated carbocycles. The minimum absolute atomic E-state index is 0. The third-order valence-electron chi connectivity index (χ3n) is 7.90. The Bertz CT molecular complexity index is 693. The molecule has 0 aliphatic rings. The third-order valence-corrected chi connectivity index (χ3v) is 8.44. The zero-order valence-electron chi connectivity index (χ0n) is 33.3. The predicted octanol–water partition coefficient (Wildman–Crippen LogP) is 11.9. The first-order valence-electron chi connectivity index (χ1n) is 18.8. The summed E-state index contributed by atoms with van der Waals surface area (Å²) in [5, 5.41) is 0. The molecule has 0 amide bonds. The minimum atomic E-state index is 0. The average Bonchev–Trinajstić information content (AvgIpc) is 3.11. The van der Waals surface area contributed by atoms with Crippen molar-refractivity contribution in [3.63, 3.8) is 0 Å². The van der Waals surface area contributed by atoms with E-state index in [-0.39, 0.29) is 38.6 Å². The quantitative estimate of drug-likeness (QED) is 0.0323. The molecule has 4 atom stereocenters. The zero-order valence-corrected chi connectivity index (χ0v) is 42.1. The molecule has 0 saturated heterocycles. The van der Waals surface area contributed by atoms with E-state index in [9.17, 15) is 0 Å². The molecule has 0 spiro atoms. The Kier molecular flexibility index (Phi) is 60.7. The summed E-state index contributed by atoms with van der Waals surface area (Å²) in [6, 6.07) is 0. The molecular formula is C36H68O8PtS8. The van der Waals surface area contributed by atoms with Gasteiger partial charge in [0.1, 0.15) is 0 Å². The van der Waals surface area contributed by atoms with Gasteiger partial charge in [0.15, 0.2) is 0 Å². The van der Waals surface area contributed by atoms with Crippen LogP contribution in [0.15, 0.2) is 0 Å². The molecule has 0 heterocycles. The van der Waals surface area contributed by atoms with Gasteiger partial charge in [-0.15, -0.1) is 0 Å². The van der Waals surface area contributed by atoms with Gasteiger partial charge in [-0.25, -0.2) is 0 Å². The molecule has 0 rings (SSSR count). The molecule has 4 unspecified atom stereocenters. The van der Waals surface area contributed by atoms with E-state index in [2.05, 4.69) is 174 Å². The molecule has 8 nitrogen and oxygen atoms in total. The van der Waals surface area contributed by atoms with Gasteiger partial charge in [0, 0.05) is 0 Å². The molecule has 0 fully saturated rings. The predicted molar refractivity (Wildman–Crippen MR) is 241 cm³/mol.